The Bertz CT molecular complexity index is 148. The third-order valence-corrected chi connectivity index (χ3v) is 3.79. The molecule has 1 aliphatic rings. The maximum Gasteiger partial charge on any atom is -0.00205 e. The molecule has 1 nitrogen and oxygen atoms in total. The number of unbranched alkanes of at least 4 members (excludes halogenated alkanes) is 3. The van der Waals surface area contributed by atoms with Crippen molar-refractivity contribution in [2.75, 3.05) is 13.1 Å². The highest BCUT2D eigenvalue weighted by Crippen LogP contribution is 2.23. The van der Waals surface area contributed by atoms with Crippen LogP contribution in [0.2, 0.25) is 0 Å². The standard InChI is InChI=1S/C15H31N/c1-14(2)9-5-3-4-8-12-16-13-15-10-6-7-11-15/h14-16H,3-13H2,1-2H3. The lowest BCUT2D eigenvalue weighted by atomic mass is 10.0. The number of rotatable bonds is 9. The van der Waals surface area contributed by atoms with Crippen LogP contribution >= 0.6 is 0 Å². The molecule has 1 rings (SSSR count). The lowest BCUT2D eigenvalue weighted by Crippen LogP contribution is -2.22. The predicted octanol–water partition coefficient (Wildman–Crippen LogP) is 4.37. The topological polar surface area (TPSA) is 12.0 Å². The summed E-state index contributed by atoms with van der Waals surface area (Å²) in [6.07, 6.45) is 13.0. The quantitative estimate of drug-likeness (QED) is 0.574. The van der Waals surface area contributed by atoms with Gasteiger partial charge in [0.25, 0.3) is 0 Å². The van der Waals surface area contributed by atoms with E-state index in [0.717, 1.165) is 11.8 Å². The van der Waals surface area contributed by atoms with Crippen LogP contribution in [0.25, 0.3) is 0 Å². The molecule has 0 aromatic heterocycles. The van der Waals surface area contributed by atoms with Crippen LogP contribution in [0.3, 0.4) is 0 Å². The molecule has 0 unspecified atom stereocenters. The third-order valence-electron chi connectivity index (χ3n) is 3.79. The van der Waals surface area contributed by atoms with Gasteiger partial charge in [0.2, 0.25) is 0 Å². The highest BCUT2D eigenvalue weighted by atomic mass is 14.9. The normalized spacial score (nSPS) is 17.4. The summed E-state index contributed by atoms with van der Waals surface area (Å²) in [5.41, 5.74) is 0. The van der Waals surface area contributed by atoms with Gasteiger partial charge in [-0.1, -0.05) is 52.4 Å². The Hall–Kier alpha value is -0.0400. The van der Waals surface area contributed by atoms with Crippen molar-refractivity contribution in [1.29, 1.82) is 0 Å². The first-order chi connectivity index (χ1) is 7.79. The van der Waals surface area contributed by atoms with Gasteiger partial charge in [-0.25, -0.2) is 0 Å². The van der Waals surface area contributed by atoms with Crippen LogP contribution < -0.4 is 5.32 Å². The highest BCUT2D eigenvalue weighted by Gasteiger charge is 2.13. The first-order valence-corrected chi connectivity index (χ1v) is 7.49. The molecule has 0 radical (unpaired) electrons. The van der Waals surface area contributed by atoms with Crippen molar-refractivity contribution in [1.82, 2.24) is 5.32 Å². The smallest absolute Gasteiger partial charge is 0.00205 e. The molecule has 0 aromatic carbocycles. The summed E-state index contributed by atoms with van der Waals surface area (Å²) in [5.74, 6) is 1.89. The Morgan fingerprint density at radius 1 is 1.00 bits per heavy atom. The van der Waals surface area contributed by atoms with E-state index in [-0.39, 0.29) is 0 Å². The van der Waals surface area contributed by atoms with Gasteiger partial charge in [-0.15, -0.1) is 0 Å². The van der Waals surface area contributed by atoms with E-state index in [4.69, 9.17) is 0 Å². The summed E-state index contributed by atoms with van der Waals surface area (Å²) < 4.78 is 0. The zero-order valence-corrected chi connectivity index (χ0v) is 11.4. The molecule has 16 heavy (non-hydrogen) atoms. The van der Waals surface area contributed by atoms with Gasteiger partial charge in [0.05, 0.1) is 0 Å². The molecule has 0 heterocycles. The van der Waals surface area contributed by atoms with Gasteiger partial charge < -0.3 is 5.32 Å². The average molecular weight is 225 g/mol. The molecule has 0 spiro atoms. The predicted molar refractivity (Wildman–Crippen MR) is 72.8 cm³/mol. The summed E-state index contributed by atoms with van der Waals surface area (Å²) in [7, 11) is 0. The third kappa shape index (κ3) is 7.27. The maximum absolute atomic E-state index is 3.63. The van der Waals surface area contributed by atoms with Crippen LogP contribution in [0.5, 0.6) is 0 Å². The Labute approximate surface area is 102 Å². The lowest BCUT2D eigenvalue weighted by molar-refractivity contribution is 0.471. The second-order valence-electron chi connectivity index (χ2n) is 5.95. The van der Waals surface area contributed by atoms with Crippen LogP contribution in [0, 0.1) is 11.8 Å². The molecule has 0 amide bonds. The highest BCUT2D eigenvalue weighted by molar-refractivity contribution is 4.69. The second-order valence-corrected chi connectivity index (χ2v) is 5.95. The fourth-order valence-corrected chi connectivity index (χ4v) is 2.68. The molecule has 1 fully saturated rings. The van der Waals surface area contributed by atoms with Gasteiger partial charge in [0.1, 0.15) is 0 Å². The van der Waals surface area contributed by atoms with Crippen LogP contribution in [0.4, 0.5) is 0 Å². The monoisotopic (exact) mass is 225 g/mol. The summed E-state index contributed by atoms with van der Waals surface area (Å²) in [4.78, 5) is 0. The van der Waals surface area contributed by atoms with Crippen molar-refractivity contribution >= 4 is 0 Å². The maximum atomic E-state index is 3.63. The largest absolute Gasteiger partial charge is 0.316 e. The van der Waals surface area contributed by atoms with Gasteiger partial charge in [-0.2, -0.15) is 0 Å². The molecule has 1 heteroatoms. The van der Waals surface area contributed by atoms with Crippen molar-refractivity contribution in [3.63, 3.8) is 0 Å². The summed E-state index contributed by atoms with van der Waals surface area (Å²) >= 11 is 0. The molecule has 1 aliphatic carbocycles. The molecule has 1 N–H and O–H groups in total. The number of hydrogen-bond donors (Lipinski definition) is 1. The molecular formula is C15H31N. The van der Waals surface area contributed by atoms with E-state index in [1.165, 1.54) is 70.9 Å². The van der Waals surface area contributed by atoms with Crippen LogP contribution in [0.15, 0.2) is 0 Å². The van der Waals surface area contributed by atoms with Gasteiger partial charge in [0.15, 0.2) is 0 Å². The van der Waals surface area contributed by atoms with E-state index in [0.29, 0.717) is 0 Å². The van der Waals surface area contributed by atoms with Crippen LogP contribution in [-0.4, -0.2) is 13.1 Å². The van der Waals surface area contributed by atoms with E-state index >= 15 is 0 Å². The van der Waals surface area contributed by atoms with E-state index in [9.17, 15) is 0 Å². The van der Waals surface area contributed by atoms with Crippen molar-refractivity contribution in [3.05, 3.63) is 0 Å². The summed E-state index contributed by atoms with van der Waals surface area (Å²) in [6.45, 7) is 7.18. The minimum absolute atomic E-state index is 0.889. The fourth-order valence-electron chi connectivity index (χ4n) is 2.68. The molecule has 0 atom stereocenters. The lowest BCUT2D eigenvalue weighted by Gasteiger charge is -2.10. The van der Waals surface area contributed by atoms with E-state index in [1.807, 2.05) is 0 Å². The van der Waals surface area contributed by atoms with Gasteiger partial charge in [0, 0.05) is 0 Å². The Morgan fingerprint density at radius 3 is 2.38 bits per heavy atom. The van der Waals surface area contributed by atoms with Gasteiger partial charge >= 0.3 is 0 Å². The van der Waals surface area contributed by atoms with Crippen molar-refractivity contribution in [3.8, 4) is 0 Å². The number of hydrogen-bond acceptors (Lipinski definition) is 1. The Kier molecular flexibility index (Phi) is 7.92. The minimum Gasteiger partial charge on any atom is -0.316 e. The van der Waals surface area contributed by atoms with Crippen LogP contribution in [0.1, 0.15) is 71.6 Å². The first kappa shape index (κ1) is 14.0. The zero-order chi connectivity index (χ0) is 11.6. The molecule has 0 bridgehead atoms. The first-order valence-electron chi connectivity index (χ1n) is 7.49. The number of nitrogens with one attached hydrogen (secondary N) is 1. The van der Waals surface area contributed by atoms with Crippen molar-refractivity contribution in [2.24, 2.45) is 11.8 Å². The van der Waals surface area contributed by atoms with Crippen molar-refractivity contribution in [2.45, 2.75) is 71.6 Å². The van der Waals surface area contributed by atoms with Gasteiger partial charge in [-0.05, 0) is 44.2 Å². The molecular weight excluding hydrogens is 194 g/mol. The Morgan fingerprint density at radius 2 is 1.69 bits per heavy atom. The molecule has 96 valence electrons. The van der Waals surface area contributed by atoms with Crippen LogP contribution in [-0.2, 0) is 0 Å². The zero-order valence-electron chi connectivity index (χ0n) is 11.4. The SMILES string of the molecule is CC(C)CCCCCCNCC1CCCC1. The molecule has 0 saturated heterocycles. The molecule has 1 saturated carbocycles. The second kappa shape index (κ2) is 9.04. The molecule has 0 aliphatic heterocycles. The summed E-state index contributed by atoms with van der Waals surface area (Å²) in [6, 6.07) is 0. The van der Waals surface area contributed by atoms with E-state index < -0.39 is 0 Å². The Balaban J connectivity index is 1.74. The summed E-state index contributed by atoms with van der Waals surface area (Å²) in [5, 5.41) is 3.63. The van der Waals surface area contributed by atoms with E-state index in [2.05, 4.69) is 19.2 Å². The minimum atomic E-state index is 0.889. The van der Waals surface area contributed by atoms with Gasteiger partial charge in [-0.3, -0.25) is 0 Å². The van der Waals surface area contributed by atoms with E-state index in [1.54, 1.807) is 0 Å². The molecule has 0 aromatic rings. The average Bonchev–Trinajstić information content (AvgIpc) is 2.74. The van der Waals surface area contributed by atoms with Crippen molar-refractivity contribution < 1.29 is 0 Å². The fraction of sp³-hybridized carbons (Fsp3) is 1.00.